The first kappa shape index (κ1) is 13.4. The highest BCUT2D eigenvalue weighted by Crippen LogP contribution is 2.38. The van der Waals surface area contributed by atoms with Crippen molar-refractivity contribution in [2.75, 3.05) is 11.9 Å². The van der Waals surface area contributed by atoms with Crippen LogP contribution < -0.4 is 10.9 Å². The number of hydrogen-bond acceptors (Lipinski definition) is 3. The van der Waals surface area contributed by atoms with Crippen molar-refractivity contribution in [1.82, 2.24) is 4.98 Å². The number of benzene rings is 1. The molecule has 1 unspecified atom stereocenters. The number of pyridine rings is 1. The molecule has 0 amide bonds. The van der Waals surface area contributed by atoms with Crippen LogP contribution in [0.4, 0.5) is 5.69 Å². The summed E-state index contributed by atoms with van der Waals surface area (Å²) < 4.78 is 0. The number of aromatic nitrogens is 1. The average Bonchev–Trinajstić information content (AvgIpc) is 2.48. The van der Waals surface area contributed by atoms with Crippen molar-refractivity contribution < 1.29 is 0 Å². The number of nitrogens with zero attached hydrogens (tertiary/aromatic N) is 1. The number of nitrogens with one attached hydrogen (secondary N) is 2. The van der Waals surface area contributed by atoms with E-state index in [9.17, 15) is 10.1 Å². The van der Waals surface area contributed by atoms with Crippen molar-refractivity contribution in [2.45, 2.75) is 26.2 Å². The molecule has 0 saturated heterocycles. The highest BCUT2D eigenvalue weighted by Gasteiger charge is 2.24. The molecule has 1 aromatic carbocycles. The Morgan fingerprint density at radius 2 is 2.00 bits per heavy atom. The molecule has 0 bridgehead atoms. The minimum Gasteiger partial charge on any atom is -0.383 e. The van der Waals surface area contributed by atoms with Gasteiger partial charge in [-0.2, -0.15) is 5.26 Å². The van der Waals surface area contributed by atoms with Crippen molar-refractivity contribution in [3.05, 3.63) is 51.4 Å². The molecule has 2 aromatic rings. The molecule has 1 atom stereocenters. The normalized spacial score (nSPS) is 16.7. The van der Waals surface area contributed by atoms with Crippen LogP contribution in [0, 0.1) is 18.3 Å². The summed E-state index contributed by atoms with van der Waals surface area (Å²) in [4.78, 5) is 15.1. The fourth-order valence-corrected chi connectivity index (χ4v) is 2.85. The molecule has 21 heavy (non-hydrogen) atoms. The smallest absolute Gasteiger partial charge is 0.266 e. The number of nitriles is 1. The topological polar surface area (TPSA) is 68.7 Å². The Bertz CT molecular complexity index is 781. The van der Waals surface area contributed by atoms with Gasteiger partial charge in [0.1, 0.15) is 11.6 Å². The summed E-state index contributed by atoms with van der Waals surface area (Å²) in [6.45, 7) is 4.97. The van der Waals surface area contributed by atoms with E-state index in [4.69, 9.17) is 0 Å². The number of anilines is 1. The van der Waals surface area contributed by atoms with E-state index in [0.717, 1.165) is 41.0 Å². The zero-order valence-electron chi connectivity index (χ0n) is 12.2. The van der Waals surface area contributed by atoms with E-state index >= 15 is 0 Å². The molecular formula is C17H17N3O. The Morgan fingerprint density at radius 3 is 2.67 bits per heavy atom. The molecule has 2 N–H and O–H groups in total. The van der Waals surface area contributed by atoms with Gasteiger partial charge >= 0.3 is 0 Å². The summed E-state index contributed by atoms with van der Waals surface area (Å²) in [7, 11) is 0. The molecule has 4 nitrogen and oxygen atoms in total. The van der Waals surface area contributed by atoms with Crippen LogP contribution in [0.1, 0.15) is 36.1 Å². The lowest BCUT2D eigenvalue weighted by molar-refractivity contribution is 0.659. The molecular weight excluding hydrogens is 262 g/mol. The summed E-state index contributed by atoms with van der Waals surface area (Å²) in [5.74, 6) is 0.283. The number of H-pyrrole nitrogens is 1. The van der Waals surface area contributed by atoms with Gasteiger partial charge in [0.05, 0.1) is 5.69 Å². The first-order valence-corrected chi connectivity index (χ1v) is 7.13. The van der Waals surface area contributed by atoms with E-state index in [0.29, 0.717) is 0 Å². The van der Waals surface area contributed by atoms with Crippen molar-refractivity contribution >= 4 is 5.69 Å². The van der Waals surface area contributed by atoms with Crippen molar-refractivity contribution in [3.8, 4) is 17.2 Å². The molecule has 2 heterocycles. The minimum atomic E-state index is -0.303. The fraction of sp³-hybridized carbons (Fsp3) is 0.294. The zero-order chi connectivity index (χ0) is 15.0. The van der Waals surface area contributed by atoms with Gasteiger partial charge in [0.15, 0.2) is 0 Å². The second-order valence-electron chi connectivity index (χ2n) is 5.59. The van der Waals surface area contributed by atoms with E-state index in [-0.39, 0.29) is 17.0 Å². The third-order valence-electron chi connectivity index (χ3n) is 4.07. The van der Waals surface area contributed by atoms with Crippen LogP contribution >= 0.6 is 0 Å². The second kappa shape index (κ2) is 5.10. The van der Waals surface area contributed by atoms with Crippen LogP contribution in [-0.4, -0.2) is 11.5 Å². The third-order valence-corrected chi connectivity index (χ3v) is 4.07. The molecule has 1 aliphatic heterocycles. The first-order valence-electron chi connectivity index (χ1n) is 7.13. The van der Waals surface area contributed by atoms with Gasteiger partial charge in [-0.05, 0) is 18.9 Å². The molecule has 0 spiro atoms. The Morgan fingerprint density at radius 1 is 1.29 bits per heavy atom. The monoisotopic (exact) mass is 279 g/mol. The second-order valence-corrected chi connectivity index (χ2v) is 5.59. The Labute approximate surface area is 123 Å². The maximum atomic E-state index is 12.2. The molecule has 1 aromatic heterocycles. The third kappa shape index (κ3) is 2.21. The lowest BCUT2D eigenvalue weighted by atomic mass is 9.90. The van der Waals surface area contributed by atoms with Gasteiger partial charge in [0.25, 0.3) is 5.56 Å². The first-order chi connectivity index (χ1) is 10.1. The molecule has 0 radical (unpaired) electrons. The van der Waals surface area contributed by atoms with Crippen molar-refractivity contribution in [3.63, 3.8) is 0 Å². The molecule has 0 fully saturated rings. The van der Waals surface area contributed by atoms with Crippen molar-refractivity contribution in [1.29, 1.82) is 5.26 Å². The molecule has 3 rings (SSSR count). The van der Waals surface area contributed by atoms with Gasteiger partial charge in [0, 0.05) is 23.7 Å². The van der Waals surface area contributed by atoms with Gasteiger partial charge in [-0.15, -0.1) is 0 Å². The van der Waals surface area contributed by atoms with E-state index in [1.165, 1.54) is 0 Å². The predicted molar refractivity (Wildman–Crippen MR) is 83.5 cm³/mol. The maximum absolute atomic E-state index is 12.2. The summed E-state index contributed by atoms with van der Waals surface area (Å²) in [5, 5.41) is 12.7. The van der Waals surface area contributed by atoms with Crippen LogP contribution in [0.3, 0.4) is 0 Å². The van der Waals surface area contributed by atoms with E-state index in [2.05, 4.69) is 23.3 Å². The summed E-state index contributed by atoms with van der Waals surface area (Å²) in [5.41, 5.74) is 4.46. The van der Waals surface area contributed by atoms with Gasteiger partial charge in [0.2, 0.25) is 0 Å². The lowest BCUT2D eigenvalue weighted by Crippen LogP contribution is -2.24. The largest absolute Gasteiger partial charge is 0.383 e. The van der Waals surface area contributed by atoms with Crippen LogP contribution in [0.15, 0.2) is 29.1 Å². The number of hydrogen-bond donors (Lipinski definition) is 2. The van der Waals surface area contributed by atoms with Gasteiger partial charge in [-0.3, -0.25) is 4.79 Å². The highest BCUT2D eigenvalue weighted by molar-refractivity contribution is 5.84. The minimum absolute atomic E-state index is 0.180. The van der Waals surface area contributed by atoms with Crippen LogP contribution in [0.25, 0.3) is 11.1 Å². The lowest BCUT2D eigenvalue weighted by Gasteiger charge is -2.26. The molecule has 0 aliphatic carbocycles. The number of aromatic amines is 1. The SMILES string of the molecule is Cc1ccc(-c2c3c([nH]c(=O)c2C#N)C(C)CCN3)cc1. The van der Waals surface area contributed by atoms with E-state index in [1.807, 2.05) is 31.2 Å². The predicted octanol–water partition coefficient (Wildman–Crippen LogP) is 3.14. The maximum Gasteiger partial charge on any atom is 0.266 e. The standard InChI is InChI=1S/C17H17N3O/c1-10-3-5-12(6-4-10)14-13(9-18)17(21)20-15-11(2)7-8-19-16(14)15/h3-6,11,19H,7-8H2,1-2H3,(H,20,21). The quantitative estimate of drug-likeness (QED) is 0.842. The number of rotatable bonds is 1. The summed E-state index contributed by atoms with van der Waals surface area (Å²) in [6, 6.07) is 9.98. The van der Waals surface area contributed by atoms with Crippen LogP contribution in [-0.2, 0) is 0 Å². The van der Waals surface area contributed by atoms with Crippen LogP contribution in [0.5, 0.6) is 0 Å². The van der Waals surface area contributed by atoms with E-state index in [1.54, 1.807) is 0 Å². The van der Waals surface area contributed by atoms with Crippen LogP contribution in [0.2, 0.25) is 0 Å². The molecule has 1 aliphatic rings. The van der Waals surface area contributed by atoms with Gasteiger partial charge < -0.3 is 10.3 Å². The fourth-order valence-electron chi connectivity index (χ4n) is 2.85. The number of fused-ring (bicyclic) bond motifs is 1. The van der Waals surface area contributed by atoms with Gasteiger partial charge in [-0.1, -0.05) is 36.8 Å². The molecule has 106 valence electrons. The van der Waals surface area contributed by atoms with Crippen molar-refractivity contribution in [2.24, 2.45) is 0 Å². The highest BCUT2D eigenvalue weighted by atomic mass is 16.1. The summed E-state index contributed by atoms with van der Waals surface area (Å²) in [6.07, 6.45) is 0.974. The zero-order valence-corrected chi connectivity index (χ0v) is 12.2. The van der Waals surface area contributed by atoms with Gasteiger partial charge in [-0.25, -0.2) is 0 Å². The number of aryl methyl sites for hydroxylation is 1. The average molecular weight is 279 g/mol. The molecule has 4 heteroatoms. The Kier molecular flexibility index (Phi) is 3.26. The van der Waals surface area contributed by atoms with E-state index < -0.39 is 0 Å². The Balaban J connectivity index is 2.34. The summed E-state index contributed by atoms with van der Waals surface area (Å²) >= 11 is 0. The Hall–Kier alpha value is -2.54. The molecule has 0 saturated carbocycles.